The normalized spacial score (nSPS) is 11.2. The number of sulfonamides is 1. The predicted octanol–water partition coefficient (Wildman–Crippen LogP) is 4.13. The second kappa shape index (κ2) is 7.03. The molecule has 0 fully saturated rings. The Labute approximate surface area is 146 Å². The molecule has 0 aliphatic rings. The Morgan fingerprint density at radius 2 is 1.62 bits per heavy atom. The topological polar surface area (TPSA) is 50.3 Å². The van der Waals surface area contributed by atoms with E-state index in [4.69, 9.17) is 11.6 Å². The third-order valence-corrected chi connectivity index (χ3v) is 5.53. The van der Waals surface area contributed by atoms with Gasteiger partial charge in [-0.2, -0.15) is 0 Å². The molecule has 1 aromatic heterocycles. The fourth-order valence-corrected chi connectivity index (χ4v) is 3.88. The van der Waals surface area contributed by atoms with Gasteiger partial charge in [0.25, 0.3) is 10.0 Å². The summed E-state index contributed by atoms with van der Waals surface area (Å²) >= 11 is 5.87. The predicted molar refractivity (Wildman–Crippen MR) is 95.5 cm³/mol. The molecule has 3 aromatic rings. The van der Waals surface area contributed by atoms with Gasteiger partial charge in [-0.15, -0.1) is 0 Å². The van der Waals surface area contributed by atoms with Crippen LogP contribution in [0.25, 0.3) is 0 Å². The van der Waals surface area contributed by atoms with Crippen molar-refractivity contribution in [1.82, 2.24) is 4.98 Å². The highest BCUT2D eigenvalue weighted by Gasteiger charge is 2.25. The highest BCUT2D eigenvalue weighted by molar-refractivity contribution is 7.92. The van der Waals surface area contributed by atoms with Crippen molar-refractivity contribution >= 4 is 27.3 Å². The van der Waals surface area contributed by atoms with E-state index in [-0.39, 0.29) is 11.4 Å². The highest BCUT2D eigenvalue weighted by Crippen LogP contribution is 2.26. The van der Waals surface area contributed by atoms with Crippen LogP contribution in [0.4, 0.5) is 5.69 Å². The van der Waals surface area contributed by atoms with E-state index in [2.05, 4.69) is 4.98 Å². The minimum absolute atomic E-state index is 0.194. The van der Waals surface area contributed by atoms with Crippen LogP contribution in [0.2, 0.25) is 5.02 Å². The SMILES string of the molecule is O=S(=O)(c1ccc(Cl)cc1)N(Cc1cccnc1)c1ccccc1. The van der Waals surface area contributed by atoms with Crippen LogP contribution in [0, 0.1) is 0 Å². The fourth-order valence-electron chi connectivity index (χ4n) is 2.30. The molecule has 1 heterocycles. The first kappa shape index (κ1) is 16.5. The van der Waals surface area contributed by atoms with Crippen molar-refractivity contribution in [2.75, 3.05) is 4.31 Å². The standard InChI is InChI=1S/C18H15ClN2O2S/c19-16-8-10-18(11-9-16)24(22,23)21(17-6-2-1-3-7-17)14-15-5-4-12-20-13-15/h1-13H,14H2. The third kappa shape index (κ3) is 3.58. The molecule has 122 valence electrons. The Morgan fingerprint density at radius 1 is 0.917 bits per heavy atom. The maximum atomic E-state index is 13.1. The van der Waals surface area contributed by atoms with Crippen molar-refractivity contribution in [3.8, 4) is 0 Å². The Kier molecular flexibility index (Phi) is 4.83. The van der Waals surface area contributed by atoms with Crippen molar-refractivity contribution in [1.29, 1.82) is 0 Å². The van der Waals surface area contributed by atoms with Crippen LogP contribution in [-0.4, -0.2) is 13.4 Å². The average molecular weight is 359 g/mol. The van der Waals surface area contributed by atoms with Gasteiger partial charge in [0.1, 0.15) is 0 Å². The van der Waals surface area contributed by atoms with Crippen LogP contribution in [-0.2, 0) is 16.6 Å². The molecule has 0 saturated carbocycles. The van der Waals surface area contributed by atoms with Crippen molar-refractivity contribution in [3.05, 3.63) is 89.7 Å². The van der Waals surface area contributed by atoms with Crippen molar-refractivity contribution in [3.63, 3.8) is 0 Å². The number of hydrogen-bond acceptors (Lipinski definition) is 3. The Balaban J connectivity index is 2.05. The molecule has 0 aliphatic carbocycles. The fraction of sp³-hybridized carbons (Fsp3) is 0.0556. The molecule has 6 heteroatoms. The van der Waals surface area contributed by atoms with Gasteiger partial charge in [0, 0.05) is 17.4 Å². The van der Waals surface area contributed by atoms with Crippen LogP contribution >= 0.6 is 11.6 Å². The second-order valence-corrected chi connectivity index (χ2v) is 7.46. The van der Waals surface area contributed by atoms with Crippen molar-refractivity contribution < 1.29 is 8.42 Å². The summed E-state index contributed by atoms with van der Waals surface area (Å²) in [6.07, 6.45) is 3.32. The molecule has 0 amide bonds. The summed E-state index contributed by atoms with van der Waals surface area (Å²) in [5, 5.41) is 0.493. The Morgan fingerprint density at radius 3 is 2.25 bits per heavy atom. The molecule has 0 atom stereocenters. The number of para-hydroxylation sites is 1. The van der Waals surface area contributed by atoms with Crippen LogP contribution < -0.4 is 4.31 Å². The maximum absolute atomic E-state index is 13.1. The van der Waals surface area contributed by atoms with E-state index in [1.54, 1.807) is 42.7 Å². The summed E-state index contributed by atoms with van der Waals surface area (Å²) in [6.45, 7) is 0.197. The molecule has 3 rings (SSSR count). The van der Waals surface area contributed by atoms with Crippen LogP contribution in [0.5, 0.6) is 0 Å². The number of hydrogen-bond donors (Lipinski definition) is 0. The van der Waals surface area contributed by atoms with Gasteiger partial charge in [0.05, 0.1) is 17.1 Å². The van der Waals surface area contributed by atoms with E-state index < -0.39 is 10.0 Å². The van der Waals surface area contributed by atoms with E-state index >= 15 is 0 Å². The van der Waals surface area contributed by atoms with Gasteiger partial charge in [0.15, 0.2) is 0 Å². The van der Waals surface area contributed by atoms with E-state index in [9.17, 15) is 8.42 Å². The number of anilines is 1. The zero-order valence-electron chi connectivity index (χ0n) is 12.7. The molecule has 0 saturated heterocycles. The first-order valence-electron chi connectivity index (χ1n) is 7.29. The monoisotopic (exact) mass is 358 g/mol. The van der Waals surface area contributed by atoms with Crippen molar-refractivity contribution in [2.45, 2.75) is 11.4 Å². The molecular weight excluding hydrogens is 344 g/mol. The number of nitrogens with zero attached hydrogens (tertiary/aromatic N) is 2. The molecule has 0 spiro atoms. The summed E-state index contributed by atoms with van der Waals surface area (Å²) < 4.78 is 27.6. The lowest BCUT2D eigenvalue weighted by atomic mass is 10.2. The lowest BCUT2D eigenvalue weighted by Gasteiger charge is -2.24. The first-order chi connectivity index (χ1) is 11.6. The smallest absolute Gasteiger partial charge is 0.264 e. The minimum atomic E-state index is -3.72. The number of pyridine rings is 1. The van der Waals surface area contributed by atoms with E-state index in [1.165, 1.54) is 16.4 Å². The first-order valence-corrected chi connectivity index (χ1v) is 9.11. The lowest BCUT2D eigenvalue weighted by Crippen LogP contribution is -2.30. The summed E-state index contributed by atoms with van der Waals surface area (Å²) in [5.41, 5.74) is 1.40. The van der Waals surface area contributed by atoms with Gasteiger partial charge in [0.2, 0.25) is 0 Å². The van der Waals surface area contributed by atoms with Gasteiger partial charge >= 0.3 is 0 Å². The summed E-state index contributed by atoms with van der Waals surface area (Å²) in [4.78, 5) is 4.25. The minimum Gasteiger partial charge on any atom is -0.264 e. The molecule has 0 bridgehead atoms. The summed E-state index contributed by atoms with van der Waals surface area (Å²) in [6, 6.07) is 18.8. The van der Waals surface area contributed by atoms with E-state index in [0.717, 1.165) is 5.56 Å². The maximum Gasteiger partial charge on any atom is 0.264 e. The number of aromatic nitrogens is 1. The lowest BCUT2D eigenvalue weighted by molar-refractivity contribution is 0.590. The second-order valence-electron chi connectivity index (χ2n) is 5.16. The molecule has 0 aliphatic heterocycles. The molecule has 2 aromatic carbocycles. The van der Waals surface area contributed by atoms with Gasteiger partial charge < -0.3 is 0 Å². The van der Waals surface area contributed by atoms with Gasteiger partial charge in [-0.25, -0.2) is 8.42 Å². The number of benzene rings is 2. The van der Waals surface area contributed by atoms with E-state index in [1.807, 2.05) is 24.3 Å². The summed E-state index contributed by atoms with van der Waals surface area (Å²) in [7, 11) is -3.72. The van der Waals surface area contributed by atoms with Gasteiger partial charge in [-0.05, 0) is 48.0 Å². The molecule has 4 nitrogen and oxygen atoms in total. The Bertz CT molecular complexity index is 899. The number of halogens is 1. The largest absolute Gasteiger partial charge is 0.264 e. The zero-order valence-corrected chi connectivity index (χ0v) is 14.3. The quantitative estimate of drug-likeness (QED) is 0.689. The number of rotatable bonds is 5. The van der Waals surface area contributed by atoms with Gasteiger partial charge in [-0.3, -0.25) is 9.29 Å². The highest BCUT2D eigenvalue weighted by atomic mass is 35.5. The molecule has 24 heavy (non-hydrogen) atoms. The van der Waals surface area contributed by atoms with Crippen molar-refractivity contribution in [2.24, 2.45) is 0 Å². The van der Waals surface area contributed by atoms with E-state index in [0.29, 0.717) is 10.7 Å². The van der Waals surface area contributed by atoms with Gasteiger partial charge in [-0.1, -0.05) is 35.9 Å². The Hall–Kier alpha value is -2.37. The molecule has 0 N–H and O–H groups in total. The zero-order chi connectivity index (χ0) is 17.0. The van der Waals surface area contributed by atoms with Crippen LogP contribution in [0.3, 0.4) is 0 Å². The molecule has 0 unspecified atom stereocenters. The average Bonchev–Trinajstić information content (AvgIpc) is 2.61. The summed E-state index contributed by atoms with van der Waals surface area (Å²) in [5.74, 6) is 0. The third-order valence-electron chi connectivity index (χ3n) is 3.49. The van der Waals surface area contributed by atoms with Crippen LogP contribution in [0.1, 0.15) is 5.56 Å². The molecular formula is C18H15ClN2O2S. The van der Waals surface area contributed by atoms with Crippen LogP contribution in [0.15, 0.2) is 84.0 Å². The molecule has 0 radical (unpaired) electrons.